The van der Waals surface area contributed by atoms with E-state index in [0.29, 0.717) is 12.3 Å². The van der Waals surface area contributed by atoms with Gasteiger partial charge in [-0.2, -0.15) is 0 Å². The maximum atomic E-state index is 11.3. The van der Waals surface area contributed by atoms with E-state index < -0.39 is 0 Å². The fourth-order valence-corrected chi connectivity index (χ4v) is 2.08. The van der Waals surface area contributed by atoms with Crippen LogP contribution < -0.4 is 0 Å². The summed E-state index contributed by atoms with van der Waals surface area (Å²) in [6.07, 6.45) is 2.53. The number of hydrogen-bond acceptors (Lipinski definition) is 2. The number of rotatable bonds is 1. The summed E-state index contributed by atoms with van der Waals surface area (Å²) in [6.45, 7) is 6.66. The van der Waals surface area contributed by atoms with Gasteiger partial charge in [0.2, 0.25) is 0 Å². The lowest BCUT2D eigenvalue weighted by Crippen LogP contribution is -2.33. The minimum Gasteiger partial charge on any atom is -0.396 e. The number of carbonyl (C=O) groups is 1. The van der Waals surface area contributed by atoms with Crippen molar-refractivity contribution >= 4 is 5.78 Å². The Bertz CT molecular complexity index is 191. The van der Waals surface area contributed by atoms with Gasteiger partial charge in [-0.05, 0) is 24.2 Å². The molecule has 13 heavy (non-hydrogen) atoms. The standard InChI is InChI=1S/C11H20O2/c1-11(2,3)9-4-5-10(13)8(6-9)7-12/h8-9,12H,4-7H2,1-3H3. The summed E-state index contributed by atoms with van der Waals surface area (Å²) in [6, 6.07) is 0. The van der Waals surface area contributed by atoms with Crippen LogP contribution in [0.3, 0.4) is 0 Å². The van der Waals surface area contributed by atoms with Gasteiger partial charge in [0.25, 0.3) is 0 Å². The van der Waals surface area contributed by atoms with E-state index in [9.17, 15) is 4.79 Å². The third-order valence-corrected chi connectivity index (χ3v) is 3.21. The van der Waals surface area contributed by atoms with Gasteiger partial charge >= 0.3 is 0 Å². The first-order valence-corrected chi connectivity index (χ1v) is 5.08. The molecule has 0 heterocycles. The Balaban J connectivity index is 2.60. The first-order valence-electron chi connectivity index (χ1n) is 5.08. The number of carbonyl (C=O) groups excluding carboxylic acids is 1. The third kappa shape index (κ3) is 2.53. The van der Waals surface area contributed by atoms with Crippen LogP contribution in [-0.4, -0.2) is 17.5 Å². The lowest BCUT2D eigenvalue weighted by atomic mass is 9.69. The largest absolute Gasteiger partial charge is 0.396 e. The first kappa shape index (κ1) is 10.7. The molecule has 1 N–H and O–H groups in total. The molecule has 1 fully saturated rings. The smallest absolute Gasteiger partial charge is 0.138 e. The SMILES string of the molecule is CC(C)(C)C1CCC(=O)C(CO)C1. The van der Waals surface area contributed by atoms with Gasteiger partial charge in [0.05, 0.1) is 6.61 Å². The molecule has 0 aromatic heterocycles. The summed E-state index contributed by atoms with van der Waals surface area (Å²) < 4.78 is 0. The Hall–Kier alpha value is -0.370. The van der Waals surface area contributed by atoms with E-state index in [1.807, 2.05) is 0 Å². The van der Waals surface area contributed by atoms with Gasteiger partial charge < -0.3 is 5.11 Å². The monoisotopic (exact) mass is 184 g/mol. The van der Waals surface area contributed by atoms with Crippen molar-refractivity contribution in [2.45, 2.75) is 40.0 Å². The van der Waals surface area contributed by atoms with Crippen molar-refractivity contribution in [1.82, 2.24) is 0 Å². The van der Waals surface area contributed by atoms with Gasteiger partial charge in [0.15, 0.2) is 0 Å². The van der Waals surface area contributed by atoms with Crippen LogP contribution >= 0.6 is 0 Å². The minimum atomic E-state index is -0.0852. The van der Waals surface area contributed by atoms with E-state index in [1.54, 1.807) is 0 Å². The average Bonchev–Trinajstić information content (AvgIpc) is 2.03. The van der Waals surface area contributed by atoms with E-state index in [0.717, 1.165) is 12.8 Å². The van der Waals surface area contributed by atoms with Crippen LogP contribution in [0.15, 0.2) is 0 Å². The van der Waals surface area contributed by atoms with Gasteiger partial charge in [-0.1, -0.05) is 20.8 Å². The van der Waals surface area contributed by atoms with Gasteiger partial charge in [0, 0.05) is 12.3 Å². The summed E-state index contributed by atoms with van der Waals surface area (Å²) in [5, 5.41) is 9.02. The van der Waals surface area contributed by atoms with Crippen LogP contribution in [0.1, 0.15) is 40.0 Å². The molecule has 2 nitrogen and oxygen atoms in total. The highest BCUT2D eigenvalue weighted by atomic mass is 16.3. The maximum Gasteiger partial charge on any atom is 0.138 e. The Morgan fingerprint density at radius 2 is 2.08 bits per heavy atom. The predicted molar refractivity (Wildman–Crippen MR) is 52.4 cm³/mol. The topological polar surface area (TPSA) is 37.3 Å². The highest BCUT2D eigenvalue weighted by molar-refractivity contribution is 5.81. The predicted octanol–water partition coefficient (Wildman–Crippen LogP) is 2.01. The number of Topliss-reactive ketones (excluding diaryl/α,β-unsaturated/α-hetero) is 1. The molecular formula is C11H20O2. The molecule has 2 unspecified atom stereocenters. The summed E-state index contributed by atoms with van der Waals surface area (Å²) in [4.78, 5) is 11.3. The molecular weight excluding hydrogens is 164 g/mol. The molecule has 0 aromatic rings. The van der Waals surface area contributed by atoms with Crippen molar-refractivity contribution in [3.63, 3.8) is 0 Å². The van der Waals surface area contributed by atoms with Crippen molar-refractivity contribution in [1.29, 1.82) is 0 Å². The zero-order valence-electron chi connectivity index (χ0n) is 8.84. The number of aliphatic hydroxyl groups excluding tert-OH is 1. The van der Waals surface area contributed by atoms with Crippen molar-refractivity contribution in [3.05, 3.63) is 0 Å². The molecule has 0 bridgehead atoms. The molecule has 2 atom stereocenters. The van der Waals surface area contributed by atoms with Gasteiger partial charge in [0.1, 0.15) is 5.78 Å². The zero-order chi connectivity index (χ0) is 10.1. The Kier molecular flexibility index (Phi) is 3.12. The molecule has 1 saturated carbocycles. The fraction of sp³-hybridized carbons (Fsp3) is 0.909. The molecule has 0 amide bonds. The normalized spacial score (nSPS) is 30.6. The molecule has 0 aliphatic heterocycles. The summed E-state index contributed by atoms with van der Waals surface area (Å²) in [5.74, 6) is 0.753. The van der Waals surface area contributed by atoms with Crippen molar-refractivity contribution in [3.8, 4) is 0 Å². The zero-order valence-corrected chi connectivity index (χ0v) is 8.84. The second-order valence-corrected chi connectivity index (χ2v) is 5.18. The highest BCUT2D eigenvalue weighted by Crippen LogP contribution is 2.38. The second-order valence-electron chi connectivity index (χ2n) is 5.18. The summed E-state index contributed by atoms with van der Waals surface area (Å²) >= 11 is 0. The lowest BCUT2D eigenvalue weighted by Gasteiger charge is -2.36. The molecule has 0 radical (unpaired) electrons. The van der Waals surface area contributed by atoms with E-state index in [-0.39, 0.29) is 23.7 Å². The fourth-order valence-electron chi connectivity index (χ4n) is 2.08. The first-order chi connectivity index (χ1) is 5.95. The Morgan fingerprint density at radius 3 is 2.54 bits per heavy atom. The van der Waals surface area contributed by atoms with E-state index in [4.69, 9.17) is 5.11 Å². The molecule has 1 aliphatic carbocycles. The van der Waals surface area contributed by atoms with Gasteiger partial charge in [-0.15, -0.1) is 0 Å². The lowest BCUT2D eigenvalue weighted by molar-refractivity contribution is -0.128. The molecule has 76 valence electrons. The number of ketones is 1. The second kappa shape index (κ2) is 3.79. The molecule has 1 rings (SSSR count). The molecule has 2 heteroatoms. The van der Waals surface area contributed by atoms with Crippen LogP contribution in [-0.2, 0) is 4.79 Å². The molecule has 0 saturated heterocycles. The van der Waals surface area contributed by atoms with E-state index in [2.05, 4.69) is 20.8 Å². The summed E-state index contributed by atoms with van der Waals surface area (Å²) in [5.41, 5.74) is 0.272. The van der Waals surface area contributed by atoms with Gasteiger partial charge in [-0.25, -0.2) is 0 Å². The van der Waals surface area contributed by atoms with Crippen molar-refractivity contribution in [2.75, 3.05) is 6.61 Å². The minimum absolute atomic E-state index is 0.0331. The van der Waals surface area contributed by atoms with Crippen LogP contribution in [0.2, 0.25) is 0 Å². The molecule has 0 spiro atoms. The number of hydrogen-bond donors (Lipinski definition) is 1. The Labute approximate surface area is 80.3 Å². The van der Waals surface area contributed by atoms with Crippen LogP contribution in [0.5, 0.6) is 0 Å². The quantitative estimate of drug-likeness (QED) is 0.677. The summed E-state index contributed by atoms with van der Waals surface area (Å²) in [7, 11) is 0. The van der Waals surface area contributed by atoms with Gasteiger partial charge in [-0.3, -0.25) is 4.79 Å². The van der Waals surface area contributed by atoms with Crippen LogP contribution in [0.4, 0.5) is 0 Å². The highest BCUT2D eigenvalue weighted by Gasteiger charge is 2.34. The Morgan fingerprint density at radius 1 is 1.46 bits per heavy atom. The molecule has 1 aliphatic rings. The molecule has 0 aromatic carbocycles. The van der Waals surface area contributed by atoms with E-state index >= 15 is 0 Å². The van der Waals surface area contributed by atoms with Crippen molar-refractivity contribution in [2.24, 2.45) is 17.3 Å². The van der Waals surface area contributed by atoms with E-state index in [1.165, 1.54) is 0 Å². The van der Waals surface area contributed by atoms with Crippen LogP contribution in [0.25, 0.3) is 0 Å². The van der Waals surface area contributed by atoms with Crippen LogP contribution in [0, 0.1) is 17.3 Å². The number of aliphatic hydroxyl groups is 1. The maximum absolute atomic E-state index is 11.3. The van der Waals surface area contributed by atoms with Crippen molar-refractivity contribution < 1.29 is 9.90 Å². The third-order valence-electron chi connectivity index (χ3n) is 3.21. The average molecular weight is 184 g/mol.